The zero-order valence-corrected chi connectivity index (χ0v) is 8.68. The highest BCUT2D eigenvalue weighted by atomic mass is 16.6. The summed E-state index contributed by atoms with van der Waals surface area (Å²) in [4.78, 5) is 0. The van der Waals surface area contributed by atoms with Gasteiger partial charge in [-0.25, -0.2) is 5.43 Å². The van der Waals surface area contributed by atoms with Gasteiger partial charge in [-0.15, -0.1) is 0 Å². The molecule has 2 aliphatic rings. The maximum Gasteiger partial charge on any atom is 0.112 e. The Hall–Kier alpha value is -0.940. The van der Waals surface area contributed by atoms with Crippen LogP contribution in [0, 0.1) is 0 Å². The summed E-state index contributed by atoms with van der Waals surface area (Å²) in [6.45, 7) is 2.06. The number of nitrogens with two attached hydrogens (primary N) is 1. The van der Waals surface area contributed by atoms with E-state index < -0.39 is 0 Å². The molecule has 0 aromatic rings. The quantitative estimate of drug-likeness (QED) is 0.347. The van der Waals surface area contributed by atoms with Gasteiger partial charge in [0, 0.05) is 0 Å². The molecule has 0 aromatic heterocycles. The minimum atomic E-state index is -0.318. The number of hydrogen-bond donors (Lipinski definition) is 3. The highest BCUT2D eigenvalue weighted by Gasteiger charge is 2.40. The summed E-state index contributed by atoms with van der Waals surface area (Å²) in [7, 11) is 0. The van der Waals surface area contributed by atoms with Gasteiger partial charge in [0.25, 0.3) is 0 Å². The van der Waals surface area contributed by atoms with Gasteiger partial charge in [0.1, 0.15) is 12.2 Å². The number of nitrogens with one attached hydrogen (secondary N) is 1. The Balaban J connectivity index is 2.09. The van der Waals surface area contributed by atoms with Crippen LogP contribution in [-0.4, -0.2) is 29.5 Å². The number of aliphatic hydroxyl groups excluding tert-OH is 1. The average Bonchev–Trinajstić information content (AvgIpc) is 3.02. The number of aliphatic hydroxyl groups is 1. The highest BCUT2D eigenvalue weighted by Crippen LogP contribution is 2.31. The third kappa shape index (κ3) is 2.18. The van der Waals surface area contributed by atoms with Gasteiger partial charge in [0.05, 0.1) is 12.1 Å². The summed E-state index contributed by atoms with van der Waals surface area (Å²) >= 11 is 0. The minimum absolute atomic E-state index is 0.0375. The maximum atomic E-state index is 8.90. The third-order valence-electron chi connectivity index (χ3n) is 2.76. The number of hydrogen-bond acceptors (Lipinski definition) is 4. The van der Waals surface area contributed by atoms with Crippen molar-refractivity contribution < 1.29 is 9.84 Å². The molecule has 0 saturated carbocycles. The van der Waals surface area contributed by atoms with Gasteiger partial charge in [0.15, 0.2) is 0 Å². The molecule has 3 unspecified atom stereocenters. The molecule has 4 heteroatoms. The molecular formula is C11H16N2O2. The zero-order valence-electron chi connectivity index (χ0n) is 8.68. The van der Waals surface area contributed by atoms with Crippen molar-refractivity contribution >= 4 is 0 Å². The molecule has 4 nitrogen and oxygen atoms in total. The molecule has 1 aliphatic carbocycles. The first-order valence-electron chi connectivity index (χ1n) is 5.01. The Labute approximate surface area is 89.1 Å². The highest BCUT2D eigenvalue weighted by molar-refractivity contribution is 5.38. The molecule has 0 radical (unpaired) electrons. The second-order valence-corrected chi connectivity index (χ2v) is 4.06. The molecule has 4 N–H and O–H groups in total. The van der Waals surface area contributed by atoms with Gasteiger partial charge >= 0.3 is 0 Å². The van der Waals surface area contributed by atoms with Crippen molar-refractivity contribution in [2.75, 3.05) is 6.61 Å². The third-order valence-corrected chi connectivity index (χ3v) is 2.76. The molecule has 1 aliphatic heterocycles. The average molecular weight is 208 g/mol. The second-order valence-electron chi connectivity index (χ2n) is 4.06. The van der Waals surface area contributed by atoms with Crippen LogP contribution in [0.25, 0.3) is 0 Å². The van der Waals surface area contributed by atoms with E-state index in [1.807, 2.05) is 37.3 Å². The van der Waals surface area contributed by atoms with Crippen LogP contribution in [0.15, 0.2) is 36.0 Å². The fourth-order valence-corrected chi connectivity index (χ4v) is 1.60. The van der Waals surface area contributed by atoms with Gasteiger partial charge in [-0.1, -0.05) is 30.4 Å². The summed E-state index contributed by atoms with van der Waals surface area (Å²) in [5.74, 6) is 5.45. The topological polar surface area (TPSA) is 70.8 Å². The first kappa shape index (κ1) is 10.6. The Kier molecular flexibility index (Phi) is 2.75. The fourth-order valence-electron chi connectivity index (χ4n) is 1.60. The smallest absolute Gasteiger partial charge is 0.112 e. The molecule has 3 atom stereocenters. The first-order valence-corrected chi connectivity index (χ1v) is 5.01. The summed E-state index contributed by atoms with van der Waals surface area (Å²) in [6.07, 6.45) is 9.89. The summed E-state index contributed by atoms with van der Waals surface area (Å²) in [5.41, 5.74) is 3.48. The summed E-state index contributed by atoms with van der Waals surface area (Å²) < 4.78 is 5.31. The van der Waals surface area contributed by atoms with E-state index in [0.29, 0.717) is 0 Å². The molecule has 82 valence electrons. The van der Waals surface area contributed by atoms with E-state index in [0.717, 1.165) is 5.57 Å². The standard InChI is InChI=1S/C11H16N2O2/c1-11(13-12)5-2-3-8(4-6-11)10-9(7-14)15-10/h2-6,9-10,13-14H,7,12H2,1H3. The number of ether oxygens (including phenoxy) is 1. The largest absolute Gasteiger partial charge is 0.394 e. The lowest BCUT2D eigenvalue weighted by Gasteiger charge is -2.19. The molecule has 1 saturated heterocycles. The van der Waals surface area contributed by atoms with Crippen molar-refractivity contribution in [1.29, 1.82) is 0 Å². The molecule has 0 aromatic carbocycles. The molecule has 1 heterocycles. The van der Waals surface area contributed by atoms with Crippen LogP contribution in [0.3, 0.4) is 0 Å². The van der Waals surface area contributed by atoms with E-state index in [1.165, 1.54) is 0 Å². The van der Waals surface area contributed by atoms with Crippen LogP contribution in [0.4, 0.5) is 0 Å². The van der Waals surface area contributed by atoms with Gasteiger partial charge in [0.2, 0.25) is 0 Å². The monoisotopic (exact) mass is 208 g/mol. The van der Waals surface area contributed by atoms with Crippen molar-refractivity contribution in [3.05, 3.63) is 36.0 Å². The van der Waals surface area contributed by atoms with Crippen LogP contribution in [-0.2, 0) is 4.74 Å². The van der Waals surface area contributed by atoms with Crippen molar-refractivity contribution in [3.63, 3.8) is 0 Å². The lowest BCUT2D eigenvalue weighted by Crippen LogP contribution is -2.43. The molecule has 15 heavy (non-hydrogen) atoms. The van der Waals surface area contributed by atoms with E-state index in [4.69, 9.17) is 15.7 Å². The molecule has 0 bridgehead atoms. The second kappa shape index (κ2) is 3.90. The Morgan fingerprint density at radius 3 is 3.00 bits per heavy atom. The Bertz CT molecular complexity index is 335. The van der Waals surface area contributed by atoms with Gasteiger partial charge in [-0.3, -0.25) is 5.84 Å². The van der Waals surface area contributed by atoms with Gasteiger partial charge in [-0.05, 0) is 12.5 Å². The van der Waals surface area contributed by atoms with Crippen LogP contribution in [0.5, 0.6) is 0 Å². The van der Waals surface area contributed by atoms with E-state index >= 15 is 0 Å². The number of allylic oxidation sites excluding steroid dienone is 2. The first-order chi connectivity index (χ1) is 7.18. The van der Waals surface area contributed by atoms with Crippen molar-refractivity contribution in [3.8, 4) is 0 Å². The van der Waals surface area contributed by atoms with E-state index in [9.17, 15) is 0 Å². The van der Waals surface area contributed by atoms with Crippen LogP contribution in [0.1, 0.15) is 6.92 Å². The van der Waals surface area contributed by atoms with Crippen molar-refractivity contribution in [2.24, 2.45) is 5.84 Å². The SMILES string of the molecule is CC1(NN)C=CC=C(C2OC2CO)C=C1. The zero-order chi connectivity index (χ0) is 10.9. The minimum Gasteiger partial charge on any atom is -0.394 e. The van der Waals surface area contributed by atoms with E-state index in [-0.39, 0.29) is 24.4 Å². The Morgan fingerprint density at radius 1 is 1.60 bits per heavy atom. The molecule has 2 rings (SSSR count). The predicted octanol–water partition coefficient (Wildman–Crippen LogP) is 0.0205. The predicted molar refractivity (Wildman–Crippen MR) is 57.8 cm³/mol. The van der Waals surface area contributed by atoms with Crippen LogP contribution in [0.2, 0.25) is 0 Å². The van der Waals surface area contributed by atoms with Crippen molar-refractivity contribution in [1.82, 2.24) is 5.43 Å². The molecule has 0 spiro atoms. The van der Waals surface area contributed by atoms with Gasteiger partial charge < -0.3 is 9.84 Å². The lowest BCUT2D eigenvalue weighted by molar-refractivity contribution is 0.243. The summed E-state index contributed by atoms with van der Waals surface area (Å²) in [5, 5.41) is 8.90. The molecular weight excluding hydrogens is 192 g/mol. The molecule has 0 amide bonds. The van der Waals surface area contributed by atoms with E-state index in [2.05, 4.69) is 5.43 Å². The normalized spacial score (nSPS) is 38.7. The lowest BCUT2D eigenvalue weighted by atomic mass is 10.0. The van der Waals surface area contributed by atoms with Gasteiger partial charge in [-0.2, -0.15) is 0 Å². The number of hydrazine groups is 1. The molecule has 1 fully saturated rings. The Morgan fingerprint density at radius 2 is 2.40 bits per heavy atom. The number of rotatable bonds is 3. The maximum absolute atomic E-state index is 8.90. The number of epoxide rings is 1. The van der Waals surface area contributed by atoms with E-state index in [1.54, 1.807) is 0 Å². The van der Waals surface area contributed by atoms with Crippen LogP contribution >= 0.6 is 0 Å². The van der Waals surface area contributed by atoms with Crippen molar-refractivity contribution in [2.45, 2.75) is 24.7 Å². The van der Waals surface area contributed by atoms with Crippen LogP contribution < -0.4 is 11.3 Å². The summed E-state index contributed by atoms with van der Waals surface area (Å²) in [6, 6.07) is 0. The fraction of sp³-hybridized carbons (Fsp3) is 0.455.